The van der Waals surface area contributed by atoms with Crippen molar-refractivity contribution in [3.63, 3.8) is 0 Å². The largest absolute Gasteiger partial charge is 0.237 e. The lowest BCUT2D eigenvalue weighted by Gasteiger charge is -2.13. The molecular formula is C7H7ClF2N2. The second-order valence-corrected chi connectivity index (χ2v) is 3.15. The van der Waals surface area contributed by atoms with Crippen LogP contribution in [0.5, 0.6) is 0 Å². The summed E-state index contributed by atoms with van der Waals surface area (Å²) >= 11 is 5.37. The zero-order valence-electron chi connectivity index (χ0n) is 6.61. The van der Waals surface area contributed by atoms with Gasteiger partial charge in [-0.3, -0.25) is 0 Å². The first-order valence-corrected chi connectivity index (χ1v) is 3.66. The Bertz CT molecular complexity index is 296. The highest BCUT2D eigenvalue weighted by molar-refractivity contribution is 6.28. The normalized spacial score (nSPS) is 11.8. The molecule has 0 aliphatic rings. The van der Waals surface area contributed by atoms with Crippen molar-refractivity contribution in [1.82, 2.24) is 9.97 Å². The number of alkyl halides is 1. The third-order valence-electron chi connectivity index (χ3n) is 1.28. The summed E-state index contributed by atoms with van der Waals surface area (Å²) in [5.41, 5.74) is -2.15. The lowest BCUT2D eigenvalue weighted by Crippen LogP contribution is -2.14. The first-order chi connectivity index (χ1) is 5.41. The van der Waals surface area contributed by atoms with Gasteiger partial charge in [0.2, 0.25) is 5.28 Å². The van der Waals surface area contributed by atoms with Crippen molar-refractivity contribution in [3.8, 4) is 0 Å². The van der Waals surface area contributed by atoms with E-state index in [9.17, 15) is 8.78 Å². The van der Waals surface area contributed by atoms with Crippen LogP contribution in [0.2, 0.25) is 5.28 Å². The van der Waals surface area contributed by atoms with E-state index >= 15 is 0 Å². The molecule has 0 fully saturated rings. The summed E-state index contributed by atoms with van der Waals surface area (Å²) in [6.07, 6.45) is 0.853. The molecule has 0 amide bonds. The second kappa shape index (κ2) is 2.94. The van der Waals surface area contributed by atoms with E-state index in [4.69, 9.17) is 11.6 Å². The Labute approximate surface area is 73.6 Å². The van der Waals surface area contributed by atoms with Crippen LogP contribution in [0, 0.1) is 5.82 Å². The van der Waals surface area contributed by atoms with E-state index in [2.05, 4.69) is 9.97 Å². The molecule has 1 heterocycles. The Balaban J connectivity index is 3.23. The van der Waals surface area contributed by atoms with Gasteiger partial charge in [-0.15, -0.1) is 0 Å². The van der Waals surface area contributed by atoms with Gasteiger partial charge in [-0.1, -0.05) is 0 Å². The van der Waals surface area contributed by atoms with Gasteiger partial charge < -0.3 is 0 Å². The number of aromatic nitrogens is 2. The molecule has 5 heteroatoms. The topological polar surface area (TPSA) is 25.8 Å². The predicted molar refractivity (Wildman–Crippen MR) is 41.1 cm³/mol. The van der Waals surface area contributed by atoms with Gasteiger partial charge in [0.15, 0.2) is 5.82 Å². The van der Waals surface area contributed by atoms with E-state index in [-0.39, 0.29) is 11.0 Å². The summed E-state index contributed by atoms with van der Waals surface area (Å²) in [4.78, 5) is 6.81. The van der Waals surface area contributed by atoms with Crippen LogP contribution in [0.3, 0.4) is 0 Å². The van der Waals surface area contributed by atoms with Crippen molar-refractivity contribution in [2.75, 3.05) is 0 Å². The third kappa shape index (κ3) is 1.88. The highest BCUT2D eigenvalue weighted by Gasteiger charge is 2.25. The van der Waals surface area contributed by atoms with E-state index in [1.54, 1.807) is 0 Å². The summed E-state index contributed by atoms with van der Waals surface area (Å²) in [7, 11) is 0. The standard InChI is InChI=1S/C7H7ClF2N2/c1-7(2,10)5-4(9)3-11-6(8)12-5/h3H,1-2H3. The van der Waals surface area contributed by atoms with E-state index in [0.29, 0.717) is 0 Å². The molecule has 1 aromatic rings. The summed E-state index contributed by atoms with van der Waals surface area (Å²) in [5, 5.41) is -0.155. The molecule has 66 valence electrons. The minimum atomic E-state index is -1.84. The first-order valence-electron chi connectivity index (χ1n) is 3.28. The lowest BCUT2D eigenvalue weighted by atomic mass is 10.1. The summed E-state index contributed by atoms with van der Waals surface area (Å²) in [6.45, 7) is 2.41. The van der Waals surface area contributed by atoms with Crippen molar-refractivity contribution in [3.05, 3.63) is 23.0 Å². The molecule has 0 atom stereocenters. The van der Waals surface area contributed by atoms with Gasteiger partial charge >= 0.3 is 0 Å². The van der Waals surface area contributed by atoms with Gasteiger partial charge in [-0.2, -0.15) is 0 Å². The first kappa shape index (κ1) is 9.32. The predicted octanol–water partition coefficient (Wildman–Crippen LogP) is 2.47. The Morgan fingerprint density at radius 2 is 2.08 bits per heavy atom. The van der Waals surface area contributed by atoms with Gasteiger partial charge in [-0.25, -0.2) is 18.7 Å². The van der Waals surface area contributed by atoms with Crippen molar-refractivity contribution in [2.24, 2.45) is 0 Å². The van der Waals surface area contributed by atoms with Crippen LogP contribution in [-0.4, -0.2) is 9.97 Å². The fraction of sp³-hybridized carbons (Fsp3) is 0.429. The zero-order chi connectivity index (χ0) is 9.35. The van der Waals surface area contributed by atoms with Crippen molar-refractivity contribution in [2.45, 2.75) is 19.5 Å². The number of hydrogen-bond donors (Lipinski definition) is 0. The van der Waals surface area contributed by atoms with Gasteiger partial charge in [0.25, 0.3) is 0 Å². The van der Waals surface area contributed by atoms with Gasteiger partial charge in [0.1, 0.15) is 11.4 Å². The van der Waals surface area contributed by atoms with Crippen LogP contribution < -0.4 is 0 Å². The Hall–Kier alpha value is -0.770. The fourth-order valence-electron chi connectivity index (χ4n) is 0.763. The quantitative estimate of drug-likeness (QED) is 0.639. The Kier molecular flexibility index (Phi) is 2.28. The van der Waals surface area contributed by atoms with Gasteiger partial charge in [-0.05, 0) is 25.4 Å². The Morgan fingerprint density at radius 1 is 1.50 bits per heavy atom. The molecule has 0 bridgehead atoms. The monoisotopic (exact) mass is 192 g/mol. The molecule has 0 aliphatic carbocycles. The zero-order valence-corrected chi connectivity index (χ0v) is 7.36. The smallest absolute Gasteiger partial charge is 0.222 e. The lowest BCUT2D eigenvalue weighted by molar-refractivity contribution is 0.205. The van der Waals surface area contributed by atoms with Gasteiger partial charge in [0, 0.05) is 0 Å². The van der Waals surface area contributed by atoms with E-state index in [1.807, 2.05) is 0 Å². The summed E-state index contributed by atoms with van der Waals surface area (Å²) in [5.74, 6) is -0.785. The molecule has 0 aromatic carbocycles. The average molecular weight is 193 g/mol. The van der Waals surface area contributed by atoms with Crippen molar-refractivity contribution in [1.29, 1.82) is 0 Å². The average Bonchev–Trinajstić information content (AvgIpc) is 1.92. The Morgan fingerprint density at radius 3 is 2.50 bits per heavy atom. The maximum absolute atomic E-state index is 13.2. The summed E-state index contributed by atoms with van der Waals surface area (Å²) in [6, 6.07) is 0. The molecule has 0 aliphatic heterocycles. The van der Waals surface area contributed by atoms with Crippen LogP contribution >= 0.6 is 11.6 Å². The number of nitrogens with zero attached hydrogens (tertiary/aromatic N) is 2. The minimum absolute atomic E-state index is 0.155. The molecular weight excluding hydrogens is 186 g/mol. The van der Waals surface area contributed by atoms with Gasteiger partial charge in [0.05, 0.1) is 6.20 Å². The molecule has 0 radical (unpaired) electrons. The van der Waals surface area contributed by atoms with Crippen LogP contribution in [0.4, 0.5) is 8.78 Å². The molecule has 0 N–H and O–H groups in total. The van der Waals surface area contributed by atoms with E-state index in [0.717, 1.165) is 6.20 Å². The van der Waals surface area contributed by atoms with E-state index < -0.39 is 11.5 Å². The minimum Gasteiger partial charge on any atom is -0.237 e. The number of halogens is 3. The number of hydrogen-bond acceptors (Lipinski definition) is 2. The number of rotatable bonds is 1. The molecule has 2 nitrogen and oxygen atoms in total. The molecule has 12 heavy (non-hydrogen) atoms. The highest BCUT2D eigenvalue weighted by atomic mass is 35.5. The molecule has 0 saturated carbocycles. The maximum Gasteiger partial charge on any atom is 0.222 e. The van der Waals surface area contributed by atoms with Crippen molar-refractivity contribution >= 4 is 11.6 Å². The SMILES string of the molecule is CC(C)(F)c1nc(Cl)ncc1F. The molecule has 0 saturated heterocycles. The van der Waals surface area contributed by atoms with Crippen LogP contribution in [0.1, 0.15) is 19.5 Å². The van der Waals surface area contributed by atoms with Crippen LogP contribution in [-0.2, 0) is 5.67 Å². The molecule has 0 spiro atoms. The summed E-state index contributed by atoms with van der Waals surface area (Å²) < 4.78 is 26.0. The van der Waals surface area contributed by atoms with Crippen LogP contribution in [0.15, 0.2) is 6.20 Å². The van der Waals surface area contributed by atoms with Crippen LogP contribution in [0.25, 0.3) is 0 Å². The maximum atomic E-state index is 13.2. The van der Waals surface area contributed by atoms with E-state index in [1.165, 1.54) is 13.8 Å². The van der Waals surface area contributed by atoms with Crippen molar-refractivity contribution < 1.29 is 8.78 Å². The molecule has 0 unspecified atom stereocenters. The second-order valence-electron chi connectivity index (χ2n) is 2.81. The fourth-order valence-corrected chi connectivity index (χ4v) is 0.896. The molecule has 1 rings (SSSR count). The molecule has 1 aromatic heterocycles. The third-order valence-corrected chi connectivity index (χ3v) is 1.46. The highest BCUT2D eigenvalue weighted by Crippen LogP contribution is 2.25.